The Bertz CT molecular complexity index is 1040. The van der Waals surface area contributed by atoms with Gasteiger partial charge in [-0.3, -0.25) is 4.79 Å². The topological polar surface area (TPSA) is 92.3 Å². The van der Waals surface area contributed by atoms with E-state index in [0.29, 0.717) is 17.9 Å². The summed E-state index contributed by atoms with van der Waals surface area (Å²) in [4.78, 5) is 16.1. The number of hydrazone groups is 1. The zero-order valence-corrected chi connectivity index (χ0v) is 15.9. The fraction of sp³-hybridized carbons (Fsp3) is 0.238. The van der Waals surface area contributed by atoms with Crippen LogP contribution in [0.15, 0.2) is 47.6 Å². The van der Waals surface area contributed by atoms with Gasteiger partial charge in [-0.05, 0) is 29.8 Å². The highest BCUT2D eigenvalue weighted by atomic mass is 16.5. The van der Waals surface area contributed by atoms with E-state index in [1.807, 2.05) is 23.5 Å². The summed E-state index contributed by atoms with van der Waals surface area (Å²) in [6.07, 6.45) is 2.24. The highest BCUT2D eigenvalue weighted by molar-refractivity contribution is 5.88. The predicted octanol–water partition coefficient (Wildman–Crippen LogP) is 1.32. The first-order valence-corrected chi connectivity index (χ1v) is 9.16. The van der Waals surface area contributed by atoms with Gasteiger partial charge in [-0.1, -0.05) is 18.2 Å². The lowest BCUT2D eigenvalue weighted by Crippen LogP contribution is -2.93. The maximum Gasteiger partial charge on any atom is 0.298 e. The second kappa shape index (κ2) is 7.74. The molecule has 0 spiro atoms. The Hall–Kier alpha value is -3.32. The fourth-order valence-corrected chi connectivity index (χ4v) is 3.61. The number of quaternary nitrogens is 1. The lowest BCUT2D eigenvalue weighted by atomic mass is 9.98. The third-order valence-electron chi connectivity index (χ3n) is 5.08. The minimum absolute atomic E-state index is 0.117. The number of hydrogen-bond acceptors (Lipinski definition) is 4. The number of fused-ring (bicyclic) bond motifs is 3. The Morgan fingerprint density at radius 3 is 2.93 bits per heavy atom. The molecular weight excluding hydrogens is 356 g/mol. The van der Waals surface area contributed by atoms with E-state index in [9.17, 15) is 4.79 Å². The predicted molar refractivity (Wildman–Crippen MR) is 107 cm³/mol. The quantitative estimate of drug-likeness (QED) is 0.461. The summed E-state index contributed by atoms with van der Waals surface area (Å²) in [6.45, 7) is 0.746. The van der Waals surface area contributed by atoms with Gasteiger partial charge in [0.05, 0.1) is 26.1 Å². The smallest absolute Gasteiger partial charge is 0.298 e. The van der Waals surface area contributed by atoms with Crippen molar-refractivity contribution in [2.24, 2.45) is 5.10 Å². The number of nitrogens with zero attached hydrogens (tertiary/aromatic N) is 1. The molecule has 0 unspecified atom stereocenters. The number of hydrogen-bond donors (Lipinski definition) is 3. The van der Waals surface area contributed by atoms with Gasteiger partial charge < -0.3 is 19.8 Å². The van der Waals surface area contributed by atoms with Crippen LogP contribution in [0.1, 0.15) is 16.8 Å². The van der Waals surface area contributed by atoms with Crippen molar-refractivity contribution in [3.63, 3.8) is 0 Å². The molecule has 3 aromatic rings. The van der Waals surface area contributed by atoms with Gasteiger partial charge in [0.2, 0.25) is 0 Å². The van der Waals surface area contributed by atoms with E-state index in [4.69, 9.17) is 9.47 Å². The van der Waals surface area contributed by atoms with Crippen LogP contribution in [0.25, 0.3) is 10.9 Å². The van der Waals surface area contributed by atoms with E-state index < -0.39 is 0 Å². The van der Waals surface area contributed by atoms with Gasteiger partial charge in [0.25, 0.3) is 5.91 Å². The molecule has 1 aliphatic rings. The fourth-order valence-electron chi connectivity index (χ4n) is 3.61. The van der Waals surface area contributed by atoms with Gasteiger partial charge >= 0.3 is 0 Å². The summed E-state index contributed by atoms with van der Waals surface area (Å²) in [6, 6.07) is 13.4. The van der Waals surface area contributed by atoms with Gasteiger partial charge in [-0.2, -0.15) is 5.10 Å². The van der Waals surface area contributed by atoms with Crippen molar-refractivity contribution in [2.75, 3.05) is 14.2 Å². The number of amides is 1. The zero-order valence-electron chi connectivity index (χ0n) is 15.9. The van der Waals surface area contributed by atoms with Gasteiger partial charge in [0.1, 0.15) is 18.0 Å². The second-order valence-corrected chi connectivity index (χ2v) is 6.72. The molecule has 0 radical (unpaired) electrons. The van der Waals surface area contributed by atoms with E-state index in [0.717, 1.165) is 17.6 Å². The highest BCUT2D eigenvalue weighted by Gasteiger charge is 2.30. The van der Waals surface area contributed by atoms with Gasteiger partial charge in [0, 0.05) is 22.9 Å². The number of H-pyrrole nitrogens is 1. The average Bonchev–Trinajstić information content (AvgIpc) is 3.11. The normalized spacial score (nSPS) is 16.1. The lowest BCUT2D eigenvalue weighted by molar-refractivity contribution is -0.695. The summed E-state index contributed by atoms with van der Waals surface area (Å²) in [5, 5.41) is 7.34. The van der Waals surface area contributed by atoms with Crippen LogP contribution in [0.4, 0.5) is 0 Å². The molecule has 1 aliphatic heterocycles. The number of nitrogens with two attached hydrogens (primary N) is 1. The first-order chi connectivity index (χ1) is 13.7. The van der Waals surface area contributed by atoms with Crippen molar-refractivity contribution in [1.29, 1.82) is 0 Å². The van der Waals surface area contributed by atoms with Crippen LogP contribution in [0.5, 0.6) is 11.5 Å². The van der Waals surface area contributed by atoms with E-state index in [2.05, 4.69) is 27.6 Å². The van der Waals surface area contributed by atoms with E-state index in [1.54, 1.807) is 32.6 Å². The van der Waals surface area contributed by atoms with E-state index in [-0.39, 0.29) is 11.9 Å². The Morgan fingerprint density at radius 2 is 2.11 bits per heavy atom. The minimum Gasteiger partial charge on any atom is -0.497 e. The van der Waals surface area contributed by atoms with Crippen LogP contribution in [-0.4, -0.2) is 37.4 Å². The molecule has 7 nitrogen and oxygen atoms in total. The first kappa shape index (κ1) is 18.1. The zero-order chi connectivity index (χ0) is 19.5. The number of para-hydroxylation sites is 1. The van der Waals surface area contributed by atoms with Crippen molar-refractivity contribution < 1.29 is 19.6 Å². The molecule has 0 saturated carbocycles. The number of aromatic nitrogens is 1. The second-order valence-electron chi connectivity index (χ2n) is 6.72. The largest absolute Gasteiger partial charge is 0.497 e. The SMILES string of the molecule is COc1ccc(OC)c(/C=N\NC(=O)[C@H]2Cc3c([nH]c4ccccc34)C[NH2+]2)c1. The van der Waals surface area contributed by atoms with Crippen LogP contribution >= 0.6 is 0 Å². The Kier molecular flexibility index (Phi) is 4.99. The molecule has 4 N–H and O–H groups in total. The molecule has 0 bridgehead atoms. The minimum atomic E-state index is -0.212. The molecule has 1 atom stereocenters. The van der Waals surface area contributed by atoms with Gasteiger partial charge in [0.15, 0.2) is 6.04 Å². The molecule has 0 aliphatic carbocycles. The summed E-state index contributed by atoms with van der Waals surface area (Å²) in [7, 11) is 3.19. The summed E-state index contributed by atoms with van der Waals surface area (Å²) in [5.74, 6) is 1.24. The molecule has 1 amide bonds. The molecule has 144 valence electrons. The molecule has 0 saturated heterocycles. The molecule has 0 fully saturated rings. The number of ether oxygens (including phenoxy) is 2. The van der Waals surface area contributed by atoms with Crippen LogP contribution < -0.4 is 20.2 Å². The number of carbonyl (C=O) groups excluding carboxylic acids is 1. The molecule has 7 heteroatoms. The summed E-state index contributed by atoms with van der Waals surface area (Å²) >= 11 is 0. The third-order valence-corrected chi connectivity index (χ3v) is 5.08. The standard InChI is InChI=1S/C21H22N4O3/c1-27-14-7-8-20(28-2)13(9-14)11-23-25-21(26)18-10-16-15-5-3-4-6-17(15)24-19(16)12-22-18/h3-9,11,18,22,24H,10,12H2,1-2H3,(H,25,26)/p+1/b23-11-/t18-/m1/s1. The van der Waals surface area contributed by atoms with E-state index in [1.165, 1.54) is 16.6 Å². The maximum absolute atomic E-state index is 12.6. The first-order valence-electron chi connectivity index (χ1n) is 9.16. The molecular formula is C21H23N4O3+. The number of aromatic amines is 1. The van der Waals surface area contributed by atoms with Crippen LogP contribution in [0, 0.1) is 0 Å². The Balaban J connectivity index is 1.46. The number of nitrogens with one attached hydrogen (secondary N) is 2. The van der Waals surface area contributed by atoms with E-state index >= 15 is 0 Å². The highest BCUT2D eigenvalue weighted by Crippen LogP contribution is 2.25. The monoisotopic (exact) mass is 379 g/mol. The Labute approximate surface area is 162 Å². The van der Waals surface area contributed by atoms with Crippen molar-refractivity contribution in [1.82, 2.24) is 10.4 Å². The van der Waals surface area contributed by atoms with Gasteiger partial charge in [-0.15, -0.1) is 0 Å². The molecule has 2 aromatic carbocycles. The maximum atomic E-state index is 12.6. The summed E-state index contributed by atoms with van der Waals surface area (Å²) in [5.41, 5.74) is 6.91. The van der Waals surface area contributed by atoms with Crippen LogP contribution in [-0.2, 0) is 17.8 Å². The van der Waals surface area contributed by atoms with Crippen molar-refractivity contribution in [2.45, 2.75) is 19.0 Å². The Morgan fingerprint density at radius 1 is 1.25 bits per heavy atom. The van der Waals surface area contributed by atoms with Crippen molar-refractivity contribution in [3.8, 4) is 11.5 Å². The third kappa shape index (κ3) is 3.44. The van der Waals surface area contributed by atoms with Crippen molar-refractivity contribution >= 4 is 23.0 Å². The molecule has 28 heavy (non-hydrogen) atoms. The number of carbonyl (C=O) groups is 1. The molecule has 1 aromatic heterocycles. The molecule has 4 rings (SSSR count). The van der Waals surface area contributed by atoms with Gasteiger partial charge in [-0.25, -0.2) is 5.43 Å². The summed E-state index contributed by atoms with van der Waals surface area (Å²) < 4.78 is 10.5. The average molecular weight is 379 g/mol. The lowest BCUT2D eigenvalue weighted by Gasteiger charge is -2.19. The van der Waals surface area contributed by atoms with Crippen LogP contribution in [0.3, 0.4) is 0 Å². The number of rotatable bonds is 5. The number of methoxy groups -OCH3 is 2. The number of benzene rings is 2. The van der Waals surface area contributed by atoms with Crippen molar-refractivity contribution in [3.05, 3.63) is 59.3 Å². The van der Waals surface area contributed by atoms with Crippen LogP contribution in [0.2, 0.25) is 0 Å². The molecule has 2 heterocycles.